The van der Waals surface area contributed by atoms with Crippen molar-refractivity contribution >= 4 is 52.5 Å². The molecule has 2 saturated heterocycles. The van der Waals surface area contributed by atoms with Crippen molar-refractivity contribution in [2.45, 2.75) is 38.1 Å². The molecule has 2 aliphatic rings. The maximum absolute atomic E-state index is 13.5. The van der Waals surface area contributed by atoms with E-state index in [4.69, 9.17) is 34.8 Å². The van der Waals surface area contributed by atoms with E-state index >= 15 is 0 Å². The van der Waals surface area contributed by atoms with Gasteiger partial charge in [-0.2, -0.15) is 0 Å². The van der Waals surface area contributed by atoms with Gasteiger partial charge >= 0.3 is 0 Å². The number of carbonyl (C=O) groups excluding carboxylic acids is 3. The standard InChI is InChI=1S/C26H29Cl3N4O3/c1-16(34)32-10-7-17(8-11-32)26(36)33-12-9-23(20(15-33)18-3-5-21(27)22(28)13-18)31(2)25(35)19-4-6-24(29)30-14-19/h3-6,13-14,17,20,23H,7-12,15H2,1-2H3/t20-,23+/m0/s1. The maximum atomic E-state index is 13.5. The number of amides is 3. The Balaban J connectivity index is 1.55. The highest BCUT2D eigenvalue weighted by atomic mass is 35.5. The Kier molecular flexibility index (Phi) is 8.43. The molecule has 192 valence electrons. The second-order valence-electron chi connectivity index (χ2n) is 9.49. The number of rotatable bonds is 4. The van der Waals surface area contributed by atoms with Gasteiger partial charge in [0.25, 0.3) is 5.91 Å². The van der Waals surface area contributed by atoms with Gasteiger partial charge in [-0.25, -0.2) is 4.98 Å². The third-order valence-electron chi connectivity index (χ3n) is 7.34. The number of halogens is 3. The van der Waals surface area contributed by atoms with Gasteiger partial charge in [-0.05, 0) is 49.1 Å². The van der Waals surface area contributed by atoms with Crippen LogP contribution in [0.2, 0.25) is 15.2 Å². The number of likely N-dealkylation sites (N-methyl/N-ethyl adjacent to an activating group) is 1. The Labute approximate surface area is 226 Å². The molecule has 0 aliphatic carbocycles. The van der Waals surface area contributed by atoms with Crippen LogP contribution in [-0.4, -0.2) is 76.7 Å². The number of hydrogen-bond acceptors (Lipinski definition) is 4. The zero-order chi connectivity index (χ0) is 26.0. The van der Waals surface area contributed by atoms with Crippen LogP contribution in [0.15, 0.2) is 36.5 Å². The Bertz CT molecular complexity index is 1140. The second-order valence-corrected chi connectivity index (χ2v) is 10.7. The number of aromatic nitrogens is 1. The van der Waals surface area contributed by atoms with E-state index in [0.29, 0.717) is 66.2 Å². The summed E-state index contributed by atoms with van der Waals surface area (Å²) in [7, 11) is 1.78. The van der Waals surface area contributed by atoms with Gasteiger partial charge in [-0.1, -0.05) is 40.9 Å². The fourth-order valence-electron chi connectivity index (χ4n) is 5.23. The van der Waals surface area contributed by atoms with Gasteiger partial charge in [-0.15, -0.1) is 0 Å². The van der Waals surface area contributed by atoms with Crippen molar-refractivity contribution in [3.05, 3.63) is 62.9 Å². The smallest absolute Gasteiger partial charge is 0.255 e. The normalized spacial score (nSPS) is 20.8. The topological polar surface area (TPSA) is 73.8 Å². The molecule has 3 heterocycles. The van der Waals surface area contributed by atoms with Gasteiger partial charge in [0.15, 0.2) is 0 Å². The molecular formula is C26H29Cl3N4O3. The molecule has 7 nitrogen and oxygen atoms in total. The fraction of sp³-hybridized carbons (Fsp3) is 0.462. The summed E-state index contributed by atoms with van der Waals surface area (Å²) in [6.45, 7) is 3.78. The van der Waals surface area contributed by atoms with E-state index in [9.17, 15) is 14.4 Å². The van der Waals surface area contributed by atoms with E-state index < -0.39 is 0 Å². The van der Waals surface area contributed by atoms with Gasteiger partial charge < -0.3 is 14.7 Å². The van der Waals surface area contributed by atoms with Crippen LogP contribution in [0.25, 0.3) is 0 Å². The molecule has 0 spiro atoms. The zero-order valence-electron chi connectivity index (χ0n) is 20.3. The minimum absolute atomic E-state index is 0.0463. The maximum Gasteiger partial charge on any atom is 0.255 e. The van der Waals surface area contributed by atoms with Gasteiger partial charge in [0.05, 0.1) is 15.6 Å². The molecule has 2 aromatic rings. The van der Waals surface area contributed by atoms with Crippen molar-refractivity contribution in [3.63, 3.8) is 0 Å². The Hall–Kier alpha value is -2.35. The van der Waals surface area contributed by atoms with E-state index in [0.717, 1.165) is 5.56 Å². The molecular weight excluding hydrogens is 523 g/mol. The third-order valence-corrected chi connectivity index (χ3v) is 8.30. The Morgan fingerprint density at radius 3 is 2.25 bits per heavy atom. The third kappa shape index (κ3) is 5.79. The van der Waals surface area contributed by atoms with Crippen LogP contribution in [0.4, 0.5) is 0 Å². The second kappa shape index (κ2) is 11.4. The molecule has 2 aliphatic heterocycles. The SMILES string of the molecule is CC(=O)N1CCC(C(=O)N2CC[C@@H](N(C)C(=O)c3ccc(Cl)nc3)[C@H](c3ccc(Cl)c(Cl)c3)C2)CC1. The minimum atomic E-state index is -0.161. The molecule has 10 heteroatoms. The molecule has 1 aromatic heterocycles. The molecule has 1 aromatic carbocycles. The molecule has 0 unspecified atom stereocenters. The van der Waals surface area contributed by atoms with Gasteiger partial charge in [0.1, 0.15) is 5.15 Å². The summed E-state index contributed by atoms with van der Waals surface area (Å²) in [6.07, 6.45) is 3.42. The van der Waals surface area contributed by atoms with Gasteiger partial charge in [0, 0.05) is 64.2 Å². The van der Waals surface area contributed by atoms with Crippen LogP contribution < -0.4 is 0 Å². The summed E-state index contributed by atoms with van der Waals surface area (Å²) in [6, 6.07) is 8.58. The van der Waals surface area contributed by atoms with Crippen molar-refractivity contribution in [1.29, 1.82) is 0 Å². The van der Waals surface area contributed by atoms with Crippen molar-refractivity contribution in [2.75, 3.05) is 33.2 Å². The highest BCUT2D eigenvalue weighted by molar-refractivity contribution is 6.42. The average molecular weight is 552 g/mol. The van der Waals surface area contributed by atoms with E-state index in [1.807, 2.05) is 17.0 Å². The average Bonchev–Trinajstić information content (AvgIpc) is 2.89. The van der Waals surface area contributed by atoms with Crippen LogP contribution in [-0.2, 0) is 9.59 Å². The number of nitrogens with zero attached hydrogens (tertiary/aromatic N) is 4. The molecule has 0 radical (unpaired) electrons. The molecule has 2 atom stereocenters. The van der Waals surface area contributed by atoms with E-state index in [1.165, 1.54) is 6.20 Å². The number of benzene rings is 1. The lowest BCUT2D eigenvalue weighted by molar-refractivity contribution is -0.141. The molecule has 0 saturated carbocycles. The van der Waals surface area contributed by atoms with E-state index in [-0.39, 0.29) is 35.6 Å². The van der Waals surface area contributed by atoms with Crippen molar-refractivity contribution in [2.24, 2.45) is 5.92 Å². The summed E-state index contributed by atoms with van der Waals surface area (Å²) in [5.74, 6) is -0.261. The largest absolute Gasteiger partial charge is 0.343 e. The summed E-state index contributed by atoms with van der Waals surface area (Å²) < 4.78 is 0. The first-order valence-electron chi connectivity index (χ1n) is 12.0. The first-order valence-corrected chi connectivity index (χ1v) is 13.2. The van der Waals surface area contributed by atoms with Crippen LogP contribution in [0.3, 0.4) is 0 Å². The number of likely N-dealkylation sites (tertiary alicyclic amines) is 2. The van der Waals surface area contributed by atoms with E-state index in [2.05, 4.69) is 4.98 Å². The number of hydrogen-bond donors (Lipinski definition) is 0. The fourth-order valence-corrected chi connectivity index (χ4v) is 5.65. The quantitative estimate of drug-likeness (QED) is 0.514. The molecule has 2 fully saturated rings. The monoisotopic (exact) mass is 550 g/mol. The number of pyridine rings is 1. The van der Waals surface area contributed by atoms with Crippen LogP contribution in [0.5, 0.6) is 0 Å². The zero-order valence-corrected chi connectivity index (χ0v) is 22.6. The predicted octanol–water partition coefficient (Wildman–Crippen LogP) is 4.76. The van der Waals surface area contributed by atoms with Crippen LogP contribution >= 0.6 is 34.8 Å². The van der Waals surface area contributed by atoms with Crippen molar-refractivity contribution < 1.29 is 14.4 Å². The van der Waals surface area contributed by atoms with Crippen LogP contribution in [0, 0.1) is 5.92 Å². The lowest BCUT2D eigenvalue weighted by atomic mass is 9.83. The predicted molar refractivity (Wildman–Crippen MR) is 141 cm³/mol. The lowest BCUT2D eigenvalue weighted by Crippen LogP contribution is -2.53. The lowest BCUT2D eigenvalue weighted by Gasteiger charge is -2.44. The minimum Gasteiger partial charge on any atom is -0.343 e. The molecule has 0 N–H and O–H groups in total. The van der Waals surface area contributed by atoms with E-state index in [1.54, 1.807) is 42.0 Å². The van der Waals surface area contributed by atoms with Gasteiger partial charge in [-0.3, -0.25) is 14.4 Å². The van der Waals surface area contributed by atoms with Gasteiger partial charge in [0.2, 0.25) is 11.8 Å². The first kappa shape index (κ1) is 26.7. The van der Waals surface area contributed by atoms with Crippen molar-refractivity contribution in [1.82, 2.24) is 19.7 Å². The summed E-state index contributed by atoms with van der Waals surface area (Å²) >= 11 is 18.4. The molecule has 0 bridgehead atoms. The summed E-state index contributed by atoms with van der Waals surface area (Å²) in [4.78, 5) is 47.9. The molecule has 4 rings (SSSR count). The molecule has 36 heavy (non-hydrogen) atoms. The summed E-state index contributed by atoms with van der Waals surface area (Å²) in [5, 5.41) is 1.21. The summed E-state index contributed by atoms with van der Waals surface area (Å²) in [5.41, 5.74) is 1.37. The Morgan fingerprint density at radius 1 is 0.944 bits per heavy atom. The highest BCUT2D eigenvalue weighted by Gasteiger charge is 2.39. The van der Waals surface area contributed by atoms with Crippen molar-refractivity contribution in [3.8, 4) is 0 Å². The van der Waals surface area contributed by atoms with Crippen LogP contribution in [0.1, 0.15) is 48.0 Å². The highest BCUT2D eigenvalue weighted by Crippen LogP contribution is 2.35. The number of piperidine rings is 2. The Morgan fingerprint density at radius 2 is 1.64 bits per heavy atom. The number of carbonyl (C=O) groups is 3. The molecule has 3 amide bonds. The first-order chi connectivity index (χ1) is 17.2.